The quantitative estimate of drug-likeness (QED) is 0.630. The molecule has 30 heavy (non-hydrogen) atoms. The molecule has 0 aliphatic heterocycles. The Kier molecular flexibility index (Phi) is 8.03. The van der Waals surface area contributed by atoms with Crippen LogP contribution in [-0.4, -0.2) is 37.8 Å². The predicted molar refractivity (Wildman–Crippen MR) is 121 cm³/mol. The molecule has 0 heterocycles. The van der Waals surface area contributed by atoms with Crippen molar-refractivity contribution < 1.29 is 17.9 Å². The zero-order valence-electron chi connectivity index (χ0n) is 18.6. The van der Waals surface area contributed by atoms with Crippen LogP contribution in [0.5, 0.6) is 5.75 Å². The van der Waals surface area contributed by atoms with E-state index in [1.54, 1.807) is 32.9 Å². The zero-order valence-corrected chi connectivity index (χ0v) is 19.4. The summed E-state index contributed by atoms with van der Waals surface area (Å²) in [6, 6.07) is 12.2. The topological polar surface area (TPSA) is 75.7 Å². The molecule has 7 heteroatoms. The molecule has 0 saturated heterocycles. The van der Waals surface area contributed by atoms with Crippen molar-refractivity contribution in [1.29, 1.82) is 0 Å². The van der Waals surface area contributed by atoms with Crippen molar-refractivity contribution in [3.05, 3.63) is 53.6 Å². The van der Waals surface area contributed by atoms with E-state index < -0.39 is 16.1 Å². The van der Waals surface area contributed by atoms with Gasteiger partial charge in [-0.25, -0.2) is 8.42 Å². The van der Waals surface area contributed by atoms with Gasteiger partial charge in [-0.2, -0.15) is 4.31 Å². The summed E-state index contributed by atoms with van der Waals surface area (Å²) in [4.78, 5) is 12.8. The van der Waals surface area contributed by atoms with Crippen LogP contribution in [0.4, 0.5) is 5.69 Å². The first-order valence-electron chi connectivity index (χ1n) is 10.3. The summed E-state index contributed by atoms with van der Waals surface area (Å²) in [6.45, 7) is 12.3. The Hall–Kier alpha value is -2.38. The minimum Gasteiger partial charge on any atom is -0.481 e. The number of hydrogen-bond acceptors (Lipinski definition) is 4. The van der Waals surface area contributed by atoms with Crippen molar-refractivity contribution in [3.63, 3.8) is 0 Å². The van der Waals surface area contributed by atoms with Gasteiger partial charge in [-0.15, -0.1) is 0 Å². The average Bonchev–Trinajstić information content (AvgIpc) is 2.68. The number of ether oxygens (including phenoxy) is 1. The third kappa shape index (κ3) is 5.61. The van der Waals surface area contributed by atoms with Crippen LogP contribution in [0.15, 0.2) is 47.4 Å². The van der Waals surface area contributed by atoms with E-state index in [0.717, 1.165) is 11.1 Å². The third-order valence-corrected chi connectivity index (χ3v) is 6.99. The van der Waals surface area contributed by atoms with Gasteiger partial charge in [0.05, 0.1) is 4.90 Å². The molecule has 0 radical (unpaired) electrons. The van der Waals surface area contributed by atoms with E-state index in [1.807, 2.05) is 25.1 Å². The minimum absolute atomic E-state index is 0.204. The molecule has 0 saturated carbocycles. The highest BCUT2D eigenvalue weighted by atomic mass is 32.2. The lowest BCUT2D eigenvalue weighted by molar-refractivity contribution is -0.122. The number of rotatable bonds is 9. The van der Waals surface area contributed by atoms with Crippen molar-refractivity contribution in [1.82, 2.24) is 4.31 Å². The lowest BCUT2D eigenvalue weighted by Gasteiger charge is -2.20. The van der Waals surface area contributed by atoms with Gasteiger partial charge in [0.15, 0.2) is 6.10 Å². The molecule has 0 aliphatic carbocycles. The maximum atomic E-state index is 12.6. The number of anilines is 1. The second-order valence-corrected chi connectivity index (χ2v) is 9.50. The smallest absolute Gasteiger partial charge is 0.265 e. The summed E-state index contributed by atoms with van der Waals surface area (Å²) < 4.78 is 32.5. The van der Waals surface area contributed by atoms with Crippen molar-refractivity contribution in [2.45, 2.75) is 58.5 Å². The van der Waals surface area contributed by atoms with Gasteiger partial charge in [-0.05, 0) is 61.2 Å². The number of nitrogens with one attached hydrogen (secondary N) is 1. The highest BCUT2D eigenvalue weighted by molar-refractivity contribution is 7.89. The van der Waals surface area contributed by atoms with Crippen LogP contribution in [0, 0.1) is 6.92 Å². The summed E-state index contributed by atoms with van der Waals surface area (Å²) in [6.07, 6.45) is -0.705. The number of amides is 1. The van der Waals surface area contributed by atoms with Crippen LogP contribution in [0.3, 0.4) is 0 Å². The number of carbonyl (C=O) groups is 1. The molecule has 2 aromatic rings. The molecular weight excluding hydrogens is 400 g/mol. The van der Waals surface area contributed by atoms with Gasteiger partial charge < -0.3 is 10.1 Å². The lowest BCUT2D eigenvalue weighted by Crippen LogP contribution is -2.31. The summed E-state index contributed by atoms with van der Waals surface area (Å²) >= 11 is 0. The first-order valence-corrected chi connectivity index (χ1v) is 11.7. The number of nitrogens with zero attached hydrogens (tertiary/aromatic N) is 1. The summed E-state index contributed by atoms with van der Waals surface area (Å²) in [5.41, 5.74) is 2.63. The summed E-state index contributed by atoms with van der Waals surface area (Å²) in [5, 5.41) is 2.79. The second kappa shape index (κ2) is 10.1. The standard InChI is InChI=1S/C23H32N2O4S/c1-7-25(8-2)30(27,28)20-12-10-19(11-13-20)24-23(26)18(6)29-22-15-17(5)9-14-21(22)16(3)4/h9-16,18H,7-8H2,1-6H3,(H,24,26)/t18-/m1/s1. The highest BCUT2D eigenvalue weighted by Crippen LogP contribution is 2.28. The van der Waals surface area contributed by atoms with Crippen LogP contribution in [0.1, 0.15) is 51.7 Å². The van der Waals surface area contributed by atoms with Gasteiger partial charge in [0.1, 0.15) is 5.75 Å². The van der Waals surface area contributed by atoms with Crippen molar-refractivity contribution in [2.24, 2.45) is 0 Å². The maximum absolute atomic E-state index is 12.6. The van der Waals surface area contributed by atoms with Gasteiger partial charge in [0, 0.05) is 18.8 Å². The van der Waals surface area contributed by atoms with Crippen LogP contribution in [0.2, 0.25) is 0 Å². The Labute approximate surface area is 180 Å². The van der Waals surface area contributed by atoms with Crippen LogP contribution < -0.4 is 10.1 Å². The number of carbonyl (C=O) groups excluding carboxylic acids is 1. The molecule has 0 fully saturated rings. The first kappa shape index (κ1) is 23.9. The van der Waals surface area contributed by atoms with E-state index in [4.69, 9.17) is 4.74 Å². The van der Waals surface area contributed by atoms with Gasteiger partial charge in [0.2, 0.25) is 10.0 Å². The molecule has 1 N–H and O–H groups in total. The molecule has 6 nitrogen and oxygen atoms in total. The molecule has 2 rings (SSSR count). The van der Waals surface area contributed by atoms with E-state index in [1.165, 1.54) is 16.4 Å². The van der Waals surface area contributed by atoms with Crippen molar-refractivity contribution >= 4 is 21.6 Å². The first-order chi connectivity index (χ1) is 14.1. The van der Waals surface area contributed by atoms with E-state index in [0.29, 0.717) is 24.5 Å². The van der Waals surface area contributed by atoms with Gasteiger partial charge in [-0.1, -0.05) is 39.8 Å². The molecular formula is C23H32N2O4S. The Morgan fingerprint density at radius 1 is 1.03 bits per heavy atom. The molecule has 0 bridgehead atoms. The fourth-order valence-electron chi connectivity index (χ4n) is 3.13. The van der Waals surface area contributed by atoms with E-state index in [9.17, 15) is 13.2 Å². The minimum atomic E-state index is -3.52. The average molecular weight is 433 g/mol. The van der Waals surface area contributed by atoms with E-state index >= 15 is 0 Å². The monoisotopic (exact) mass is 432 g/mol. The van der Waals surface area contributed by atoms with Crippen LogP contribution >= 0.6 is 0 Å². The Morgan fingerprint density at radius 3 is 2.17 bits per heavy atom. The SMILES string of the molecule is CCN(CC)S(=O)(=O)c1ccc(NC(=O)[C@@H](C)Oc2cc(C)ccc2C(C)C)cc1. The van der Waals surface area contributed by atoms with Crippen LogP contribution in [-0.2, 0) is 14.8 Å². The second-order valence-electron chi connectivity index (χ2n) is 7.56. The molecule has 0 spiro atoms. The Balaban J connectivity index is 2.11. The van der Waals surface area contributed by atoms with Crippen LogP contribution in [0.25, 0.3) is 0 Å². The number of benzene rings is 2. The van der Waals surface area contributed by atoms with Crippen molar-refractivity contribution in [3.8, 4) is 5.75 Å². The molecule has 0 aromatic heterocycles. The van der Waals surface area contributed by atoms with Gasteiger partial charge in [0.25, 0.3) is 5.91 Å². The molecule has 2 aromatic carbocycles. The summed E-state index contributed by atoms with van der Waals surface area (Å²) in [5.74, 6) is 0.676. The Bertz CT molecular complexity index is 965. The molecule has 1 atom stereocenters. The molecule has 1 amide bonds. The number of aryl methyl sites for hydroxylation is 1. The highest BCUT2D eigenvalue weighted by Gasteiger charge is 2.22. The summed E-state index contributed by atoms with van der Waals surface area (Å²) in [7, 11) is -3.52. The van der Waals surface area contributed by atoms with Gasteiger partial charge >= 0.3 is 0 Å². The predicted octanol–water partition coefficient (Wildman–Crippen LogP) is 4.55. The fraction of sp³-hybridized carbons (Fsp3) is 0.435. The largest absolute Gasteiger partial charge is 0.481 e. The maximum Gasteiger partial charge on any atom is 0.265 e. The fourth-order valence-corrected chi connectivity index (χ4v) is 4.59. The Morgan fingerprint density at radius 2 is 1.63 bits per heavy atom. The molecule has 0 unspecified atom stereocenters. The number of sulfonamides is 1. The zero-order chi connectivity index (χ0) is 22.5. The number of hydrogen-bond donors (Lipinski definition) is 1. The van der Waals surface area contributed by atoms with E-state index in [2.05, 4.69) is 19.2 Å². The lowest BCUT2D eigenvalue weighted by atomic mass is 10.0. The van der Waals surface area contributed by atoms with Crippen molar-refractivity contribution in [2.75, 3.05) is 18.4 Å². The molecule has 164 valence electrons. The van der Waals surface area contributed by atoms with Gasteiger partial charge in [-0.3, -0.25) is 4.79 Å². The third-order valence-electron chi connectivity index (χ3n) is 4.93. The normalized spacial score (nSPS) is 12.8. The molecule has 0 aliphatic rings. The van der Waals surface area contributed by atoms with E-state index in [-0.39, 0.29) is 16.7 Å².